The predicted octanol–water partition coefficient (Wildman–Crippen LogP) is 0.715. The number of nitrogens with zero attached hydrogens (tertiary/aromatic N) is 3. The smallest absolute Gasteiger partial charge is 0.241 e. The number of aromatic nitrogens is 1. The molecular weight excluding hydrogens is 228 g/mol. The summed E-state index contributed by atoms with van der Waals surface area (Å²) in [6.07, 6.45) is 1.84. The monoisotopic (exact) mass is 250 g/mol. The van der Waals surface area contributed by atoms with Gasteiger partial charge in [0, 0.05) is 33.4 Å². The second kappa shape index (κ2) is 6.96. The second-order valence-electron chi connectivity index (χ2n) is 4.36. The van der Waals surface area contributed by atoms with E-state index in [1.807, 2.05) is 37.2 Å². The number of hydrogen-bond donors (Lipinski definition) is 1. The van der Waals surface area contributed by atoms with Crippen LogP contribution in [0.15, 0.2) is 18.3 Å². The molecular formula is C13H22N4O. The van der Waals surface area contributed by atoms with Gasteiger partial charge in [-0.15, -0.1) is 0 Å². The molecule has 1 N–H and O–H groups in total. The highest BCUT2D eigenvalue weighted by Crippen LogP contribution is 2.11. The average Bonchev–Trinajstić information content (AvgIpc) is 2.37. The highest BCUT2D eigenvalue weighted by molar-refractivity contribution is 5.80. The van der Waals surface area contributed by atoms with E-state index in [1.165, 1.54) is 0 Å². The molecule has 0 aliphatic heterocycles. The summed E-state index contributed by atoms with van der Waals surface area (Å²) in [5.74, 6) is 0.922. The molecule has 0 saturated heterocycles. The lowest BCUT2D eigenvalue weighted by Crippen LogP contribution is -2.37. The summed E-state index contributed by atoms with van der Waals surface area (Å²) in [7, 11) is 5.43. The Balaban J connectivity index is 2.73. The van der Waals surface area contributed by atoms with Crippen molar-refractivity contribution in [2.75, 3.05) is 39.1 Å². The van der Waals surface area contributed by atoms with E-state index in [4.69, 9.17) is 0 Å². The van der Waals surface area contributed by atoms with Crippen LogP contribution in [0, 0.1) is 0 Å². The third-order valence-electron chi connectivity index (χ3n) is 2.72. The van der Waals surface area contributed by atoms with Crippen molar-refractivity contribution in [1.82, 2.24) is 15.2 Å². The van der Waals surface area contributed by atoms with Crippen LogP contribution in [0.25, 0.3) is 0 Å². The molecule has 0 unspecified atom stereocenters. The van der Waals surface area contributed by atoms with E-state index < -0.39 is 0 Å². The van der Waals surface area contributed by atoms with Gasteiger partial charge in [0.05, 0.1) is 6.54 Å². The van der Waals surface area contributed by atoms with Crippen LogP contribution in [0.4, 0.5) is 5.82 Å². The van der Waals surface area contributed by atoms with Gasteiger partial charge in [-0.05, 0) is 25.6 Å². The number of rotatable bonds is 6. The highest BCUT2D eigenvalue weighted by atomic mass is 16.2. The Labute approximate surface area is 109 Å². The number of amides is 1. The van der Waals surface area contributed by atoms with Crippen LogP contribution < -0.4 is 10.2 Å². The van der Waals surface area contributed by atoms with Crippen molar-refractivity contribution >= 4 is 11.7 Å². The normalized spacial score (nSPS) is 10.2. The molecule has 0 aliphatic carbocycles. The lowest BCUT2D eigenvalue weighted by atomic mass is 10.2. The van der Waals surface area contributed by atoms with Gasteiger partial charge in [0.2, 0.25) is 5.91 Å². The molecule has 5 nitrogen and oxygen atoms in total. The molecule has 0 saturated carbocycles. The maximum atomic E-state index is 11.7. The molecule has 0 bridgehead atoms. The van der Waals surface area contributed by atoms with E-state index in [2.05, 4.69) is 10.3 Å². The molecule has 1 heterocycles. The minimum absolute atomic E-state index is 0.0814. The summed E-state index contributed by atoms with van der Waals surface area (Å²) >= 11 is 0. The zero-order valence-electron chi connectivity index (χ0n) is 11.6. The number of likely N-dealkylation sites (N-methyl/N-ethyl adjacent to an activating group) is 2. The third-order valence-corrected chi connectivity index (χ3v) is 2.72. The minimum atomic E-state index is 0.0814. The summed E-state index contributed by atoms with van der Waals surface area (Å²) in [5, 5.41) is 3.08. The standard InChI is InChI=1S/C13H22N4O/c1-5-17(10-13(18)16(3)4)12-7-6-11(8-14-2)9-15-12/h6-7,9,14H,5,8,10H2,1-4H3. The quantitative estimate of drug-likeness (QED) is 0.808. The van der Waals surface area contributed by atoms with Gasteiger partial charge in [-0.1, -0.05) is 6.07 Å². The molecule has 0 aliphatic rings. The first-order valence-corrected chi connectivity index (χ1v) is 6.13. The summed E-state index contributed by atoms with van der Waals surface area (Å²) < 4.78 is 0. The topological polar surface area (TPSA) is 48.5 Å². The number of carbonyl (C=O) groups excluding carboxylic acids is 1. The fourth-order valence-electron chi connectivity index (χ4n) is 1.57. The van der Waals surface area contributed by atoms with E-state index in [-0.39, 0.29) is 5.91 Å². The van der Waals surface area contributed by atoms with Gasteiger partial charge in [0.15, 0.2) is 0 Å². The van der Waals surface area contributed by atoms with Crippen LogP contribution in [0.3, 0.4) is 0 Å². The molecule has 0 atom stereocenters. The maximum Gasteiger partial charge on any atom is 0.241 e. The minimum Gasteiger partial charge on any atom is -0.348 e. The fourth-order valence-corrected chi connectivity index (χ4v) is 1.57. The van der Waals surface area contributed by atoms with E-state index in [9.17, 15) is 4.79 Å². The van der Waals surface area contributed by atoms with Gasteiger partial charge < -0.3 is 15.1 Å². The van der Waals surface area contributed by atoms with Crippen molar-refractivity contribution in [3.8, 4) is 0 Å². The Kier molecular flexibility index (Phi) is 5.58. The van der Waals surface area contributed by atoms with Crippen LogP contribution in [-0.4, -0.2) is 50.0 Å². The molecule has 18 heavy (non-hydrogen) atoms. The van der Waals surface area contributed by atoms with Crippen molar-refractivity contribution in [2.45, 2.75) is 13.5 Å². The average molecular weight is 250 g/mol. The Morgan fingerprint density at radius 2 is 2.11 bits per heavy atom. The largest absolute Gasteiger partial charge is 0.348 e. The van der Waals surface area contributed by atoms with Gasteiger partial charge >= 0.3 is 0 Å². The van der Waals surface area contributed by atoms with E-state index in [0.717, 1.165) is 24.5 Å². The fraction of sp³-hybridized carbons (Fsp3) is 0.538. The van der Waals surface area contributed by atoms with Crippen molar-refractivity contribution in [3.05, 3.63) is 23.9 Å². The van der Waals surface area contributed by atoms with Crippen LogP contribution in [0.5, 0.6) is 0 Å². The number of nitrogens with one attached hydrogen (secondary N) is 1. The Morgan fingerprint density at radius 1 is 1.39 bits per heavy atom. The Morgan fingerprint density at radius 3 is 2.56 bits per heavy atom. The molecule has 5 heteroatoms. The second-order valence-corrected chi connectivity index (χ2v) is 4.36. The van der Waals surface area contributed by atoms with Gasteiger partial charge in [-0.25, -0.2) is 4.98 Å². The van der Waals surface area contributed by atoms with Gasteiger partial charge in [-0.2, -0.15) is 0 Å². The number of pyridine rings is 1. The molecule has 1 amide bonds. The first-order valence-electron chi connectivity index (χ1n) is 6.13. The summed E-state index contributed by atoms with van der Waals surface area (Å²) in [5.41, 5.74) is 1.14. The van der Waals surface area contributed by atoms with E-state index >= 15 is 0 Å². The maximum absolute atomic E-state index is 11.7. The van der Waals surface area contributed by atoms with Gasteiger partial charge in [0.1, 0.15) is 5.82 Å². The lowest BCUT2D eigenvalue weighted by molar-refractivity contribution is -0.127. The van der Waals surface area contributed by atoms with Crippen LogP contribution in [0.1, 0.15) is 12.5 Å². The van der Waals surface area contributed by atoms with Crippen LogP contribution in [0.2, 0.25) is 0 Å². The molecule has 0 spiro atoms. The summed E-state index contributed by atoms with van der Waals surface area (Å²) in [6, 6.07) is 3.99. The van der Waals surface area contributed by atoms with Gasteiger partial charge in [-0.3, -0.25) is 4.79 Å². The third kappa shape index (κ3) is 4.00. The zero-order valence-corrected chi connectivity index (χ0v) is 11.6. The number of anilines is 1. The molecule has 0 aromatic carbocycles. The van der Waals surface area contributed by atoms with Crippen molar-refractivity contribution in [3.63, 3.8) is 0 Å². The SMILES string of the molecule is CCN(CC(=O)N(C)C)c1ccc(CNC)cn1. The van der Waals surface area contributed by atoms with Crippen molar-refractivity contribution < 1.29 is 4.79 Å². The van der Waals surface area contributed by atoms with E-state index in [1.54, 1.807) is 19.0 Å². The summed E-state index contributed by atoms with van der Waals surface area (Å²) in [4.78, 5) is 19.7. The van der Waals surface area contributed by atoms with Crippen molar-refractivity contribution in [1.29, 1.82) is 0 Å². The van der Waals surface area contributed by atoms with Crippen LogP contribution in [-0.2, 0) is 11.3 Å². The Hall–Kier alpha value is -1.62. The summed E-state index contributed by atoms with van der Waals surface area (Å²) in [6.45, 7) is 3.95. The first-order chi connectivity index (χ1) is 8.58. The van der Waals surface area contributed by atoms with Gasteiger partial charge in [0.25, 0.3) is 0 Å². The number of carbonyl (C=O) groups is 1. The molecule has 1 aromatic heterocycles. The molecule has 1 rings (SSSR count). The highest BCUT2D eigenvalue weighted by Gasteiger charge is 2.12. The molecule has 1 aromatic rings. The van der Waals surface area contributed by atoms with E-state index in [0.29, 0.717) is 6.54 Å². The van der Waals surface area contributed by atoms with Crippen molar-refractivity contribution in [2.24, 2.45) is 0 Å². The number of hydrogen-bond acceptors (Lipinski definition) is 4. The predicted molar refractivity (Wildman–Crippen MR) is 73.6 cm³/mol. The first kappa shape index (κ1) is 14.4. The molecule has 0 radical (unpaired) electrons. The molecule has 100 valence electrons. The molecule has 0 fully saturated rings. The zero-order chi connectivity index (χ0) is 13.5. The lowest BCUT2D eigenvalue weighted by Gasteiger charge is -2.23. The Bertz CT molecular complexity index is 375. The van der Waals surface area contributed by atoms with Crippen LogP contribution >= 0.6 is 0 Å².